The molecule has 31 heavy (non-hydrogen) atoms. The number of benzene rings is 2. The molecule has 158 valence electrons. The number of nitrogens with zero attached hydrogens (tertiary/aromatic N) is 2. The standard InChI is InChI=1S/C25H24BrN3O2/c1-30-23-11-10-16(12-17(23)15-31-19-7-5-6-18(26)13-19)24-20-8-3-2-4-9-22(20)29-25(28)21(24)14-27/h5-7,10-13H,2-4,8-9,15H2,1H3,(H2,28,29). The van der Waals surface area contributed by atoms with Crippen LogP contribution in [0.1, 0.15) is 41.6 Å². The highest BCUT2D eigenvalue weighted by Gasteiger charge is 2.22. The summed E-state index contributed by atoms with van der Waals surface area (Å²) >= 11 is 3.47. The monoisotopic (exact) mass is 477 g/mol. The van der Waals surface area contributed by atoms with Gasteiger partial charge in [0, 0.05) is 21.3 Å². The van der Waals surface area contributed by atoms with Crippen molar-refractivity contribution in [3.8, 4) is 28.7 Å². The van der Waals surface area contributed by atoms with Crippen molar-refractivity contribution in [2.75, 3.05) is 12.8 Å². The number of rotatable bonds is 5. The van der Waals surface area contributed by atoms with Gasteiger partial charge in [-0.05, 0) is 67.1 Å². The van der Waals surface area contributed by atoms with E-state index >= 15 is 0 Å². The Bertz CT molecular complexity index is 1150. The molecule has 0 amide bonds. The largest absolute Gasteiger partial charge is 0.496 e. The molecule has 0 aliphatic heterocycles. The molecule has 0 saturated heterocycles. The fourth-order valence-electron chi connectivity index (χ4n) is 4.14. The lowest BCUT2D eigenvalue weighted by Gasteiger charge is -2.18. The zero-order valence-electron chi connectivity index (χ0n) is 17.5. The smallest absolute Gasteiger partial charge is 0.142 e. The quantitative estimate of drug-likeness (QED) is 0.468. The molecule has 2 N–H and O–H groups in total. The van der Waals surface area contributed by atoms with Crippen molar-refractivity contribution in [1.82, 2.24) is 4.98 Å². The van der Waals surface area contributed by atoms with Gasteiger partial charge in [-0.1, -0.05) is 34.5 Å². The minimum absolute atomic E-state index is 0.306. The van der Waals surface area contributed by atoms with Crippen molar-refractivity contribution in [2.45, 2.75) is 38.7 Å². The van der Waals surface area contributed by atoms with Crippen molar-refractivity contribution in [1.29, 1.82) is 5.26 Å². The maximum Gasteiger partial charge on any atom is 0.142 e. The highest BCUT2D eigenvalue weighted by atomic mass is 79.9. The Morgan fingerprint density at radius 2 is 1.97 bits per heavy atom. The van der Waals surface area contributed by atoms with Gasteiger partial charge in [-0.25, -0.2) is 4.98 Å². The molecule has 1 heterocycles. The second-order valence-corrected chi connectivity index (χ2v) is 8.53. The summed E-state index contributed by atoms with van der Waals surface area (Å²) in [7, 11) is 1.65. The molecule has 0 fully saturated rings. The van der Waals surface area contributed by atoms with E-state index in [1.807, 2.05) is 42.5 Å². The number of nitrogens with two attached hydrogens (primary N) is 1. The molecule has 0 radical (unpaired) electrons. The Hall–Kier alpha value is -3.04. The first-order valence-corrected chi connectivity index (χ1v) is 11.2. The van der Waals surface area contributed by atoms with Gasteiger partial charge in [0.05, 0.1) is 7.11 Å². The summed E-state index contributed by atoms with van der Waals surface area (Å²) < 4.78 is 12.5. The van der Waals surface area contributed by atoms with E-state index in [4.69, 9.17) is 15.2 Å². The molecular formula is C25H24BrN3O2. The zero-order valence-corrected chi connectivity index (χ0v) is 19.0. The lowest BCUT2D eigenvalue weighted by Crippen LogP contribution is -2.07. The first kappa shape index (κ1) is 21.2. The summed E-state index contributed by atoms with van der Waals surface area (Å²) in [5.41, 5.74) is 11.6. The van der Waals surface area contributed by atoms with Gasteiger partial charge in [0.1, 0.15) is 35.6 Å². The Balaban J connectivity index is 1.78. The number of fused-ring (bicyclic) bond motifs is 1. The molecule has 0 spiro atoms. The number of hydrogen-bond donors (Lipinski definition) is 1. The van der Waals surface area contributed by atoms with Crippen LogP contribution in [-0.2, 0) is 19.4 Å². The molecule has 0 unspecified atom stereocenters. The second-order valence-electron chi connectivity index (χ2n) is 7.62. The van der Waals surface area contributed by atoms with E-state index in [9.17, 15) is 5.26 Å². The number of nitrogen functional groups attached to an aromatic ring is 1. The lowest BCUT2D eigenvalue weighted by atomic mass is 9.91. The average molecular weight is 478 g/mol. The van der Waals surface area contributed by atoms with Gasteiger partial charge in [-0.2, -0.15) is 5.26 Å². The predicted molar refractivity (Wildman–Crippen MR) is 125 cm³/mol. The van der Waals surface area contributed by atoms with Gasteiger partial charge in [-0.15, -0.1) is 0 Å². The molecule has 5 nitrogen and oxygen atoms in total. The van der Waals surface area contributed by atoms with Gasteiger partial charge in [0.25, 0.3) is 0 Å². The molecule has 3 aromatic rings. The third kappa shape index (κ3) is 4.52. The molecule has 4 rings (SSSR count). The SMILES string of the molecule is COc1ccc(-c2c(C#N)c(N)nc3c2CCCCC3)cc1COc1cccc(Br)c1. The van der Waals surface area contributed by atoms with Gasteiger partial charge in [-0.3, -0.25) is 0 Å². The summed E-state index contributed by atoms with van der Waals surface area (Å²) in [5, 5.41) is 9.86. The Kier molecular flexibility index (Phi) is 6.43. The van der Waals surface area contributed by atoms with Crippen molar-refractivity contribution in [3.05, 3.63) is 69.3 Å². The van der Waals surface area contributed by atoms with Gasteiger partial charge >= 0.3 is 0 Å². The average Bonchev–Trinajstić information content (AvgIpc) is 3.01. The second kappa shape index (κ2) is 9.40. The number of pyridine rings is 1. The summed E-state index contributed by atoms with van der Waals surface area (Å²) in [5.74, 6) is 1.81. The van der Waals surface area contributed by atoms with Crippen LogP contribution in [0.5, 0.6) is 11.5 Å². The molecule has 1 aliphatic carbocycles. The lowest BCUT2D eigenvalue weighted by molar-refractivity contribution is 0.296. The number of hydrogen-bond acceptors (Lipinski definition) is 5. The van der Waals surface area contributed by atoms with E-state index in [-0.39, 0.29) is 0 Å². The highest BCUT2D eigenvalue weighted by Crippen LogP contribution is 2.37. The molecule has 1 aliphatic rings. The molecule has 0 bridgehead atoms. The third-order valence-corrected chi connectivity index (χ3v) is 6.12. The number of nitriles is 1. The Morgan fingerprint density at radius 3 is 2.74 bits per heavy atom. The van der Waals surface area contributed by atoms with Gasteiger partial charge in [0.15, 0.2) is 0 Å². The summed E-state index contributed by atoms with van der Waals surface area (Å²) in [6, 6.07) is 16.0. The van der Waals surface area contributed by atoms with Crippen LogP contribution >= 0.6 is 15.9 Å². The predicted octanol–water partition coefficient (Wildman–Crippen LogP) is 5.82. The molecule has 0 saturated carbocycles. The maximum absolute atomic E-state index is 9.86. The van der Waals surface area contributed by atoms with Crippen LogP contribution < -0.4 is 15.2 Å². The van der Waals surface area contributed by atoms with Crippen LogP contribution in [0.15, 0.2) is 46.9 Å². The van der Waals surface area contributed by atoms with E-state index in [1.54, 1.807) is 7.11 Å². The summed E-state index contributed by atoms with van der Waals surface area (Å²) in [6.45, 7) is 0.345. The van der Waals surface area contributed by atoms with E-state index in [2.05, 4.69) is 27.0 Å². The summed E-state index contributed by atoms with van der Waals surface area (Å²) in [6.07, 6.45) is 5.15. The van der Waals surface area contributed by atoms with Crippen LogP contribution in [0.25, 0.3) is 11.1 Å². The Morgan fingerprint density at radius 1 is 1.13 bits per heavy atom. The van der Waals surface area contributed by atoms with Crippen LogP contribution in [0.4, 0.5) is 5.82 Å². The number of aryl methyl sites for hydroxylation is 1. The van der Waals surface area contributed by atoms with Crippen LogP contribution in [-0.4, -0.2) is 12.1 Å². The van der Waals surface area contributed by atoms with Crippen molar-refractivity contribution < 1.29 is 9.47 Å². The van der Waals surface area contributed by atoms with Gasteiger partial charge < -0.3 is 15.2 Å². The number of methoxy groups -OCH3 is 1. The van der Waals surface area contributed by atoms with E-state index in [1.165, 1.54) is 0 Å². The number of anilines is 1. The third-order valence-electron chi connectivity index (χ3n) is 5.62. The number of halogens is 1. The molecular weight excluding hydrogens is 454 g/mol. The number of aromatic nitrogens is 1. The number of ether oxygens (including phenoxy) is 2. The van der Waals surface area contributed by atoms with Crippen LogP contribution in [0.2, 0.25) is 0 Å². The van der Waals surface area contributed by atoms with E-state index in [0.29, 0.717) is 18.0 Å². The van der Waals surface area contributed by atoms with E-state index < -0.39 is 0 Å². The van der Waals surface area contributed by atoms with Crippen molar-refractivity contribution in [2.24, 2.45) is 0 Å². The van der Waals surface area contributed by atoms with E-state index in [0.717, 1.165) is 76.0 Å². The van der Waals surface area contributed by atoms with Crippen molar-refractivity contribution >= 4 is 21.7 Å². The first-order chi connectivity index (χ1) is 15.1. The van der Waals surface area contributed by atoms with Gasteiger partial charge in [0.2, 0.25) is 0 Å². The zero-order chi connectivity index (χ0) is 21.8. The maximum atomic E-state index is 9.86. The fraction of sp³-hybridized carbons (Fsp3) is 0.280. The van der Waals surface area contributed by atoms with Crippen LogP contribution in [0, 0.1) is 11.3 Å². The fourth-order valence-corrected chi connectivity index (χ4v) is 4.51. The molecule has 1 aromatic heterocycles. The minimum Gasteiger partial charge on any atom is -0.496 e. The minimum atomic E-state index is 0.306. The summed E-state index contributed by atoms with van der Waals surface area (Å²) in [4.78, 5) is 4.57. The van der Waals surface area contributed by atoms with Crippen LogP contribution in [0.3, 0.4) is 0 Å². The molecule has 6 heteroatoms. The normalized spacial score (nSPS) is 13.1. The first-order valence-electron chi connectivity index (χ1n) is 10.4. The Labute approximate surface area is 191 Å². The highest BCUT2D eigenvalue weighted by molar-refractivity contribution is 9.10. The van der Waals surface area contributed by atoms with Crippen molar-refractivity contribution in [3.63, 3.8) is 0 Å². The topological polar surface area (TPSA) is 81.2 Å². The molecule has 2 aromatic carbocycles. The molecule has 0 atom stereocenters.